The Hall–Kier alpha value is -2.38. The van der Waals surface area contributed by atoms with Gasteiger partial charge >= 0.3 is 0 Å². The lowest BCUT2D eigenvalue weighted by Gasteiger charge is -2.09. The maximum atomic E-state index is 13.1. The predicted molar refractivity (Wildman–Crippen MR) is 68.3 cm³/mol. The van der Waals surface area contributed by atoms with Gasteiger partial charge in [-0.05, 0) is 48.4 Å². The van der Waals surface area contributed by atoms with Crippen LogP contribution in [0.5, 0.6) is 11.5 Å². The lowest BCUT2D eigenvalue weighted by atomic mass is 10.1. The van der Waals surface area contributed by atoms with Gasteiger partial charge in [-0.2, -0.15) is 5.26 Å². The number of aliphatic hydroxyl groups is 1. The van der Waals surface area contributed by atoms with Gasteiger partial charge in [0, 0.05) is 0 Å². The van der Waals surface area contributed by atoms with Crippen molar-refractivity contribution in [2.75, 3.05) is 0 Å². The minimum atomic E-state index is -0.302. The maximum absolute atomic E-state index is 13.1. The maximum Gasteiger partial charge on any atom is 0.145 e. The molecule has 0 spiro atoms. The zero-order chi connectivity index (χ0) is 13.8. The average Bonchev–Trinajstić information content (AvgIpc) is 2.43. The molecule has 0 heterocycles. The Morgan fingerprint density at radius 3 is 2.68 bits per heavy atom. The van der Waals surface area contributed by atoms with Crippen molar-refractivity contribution in [2.24, 2.45) is 0 Å². The second kappa shape index (κ2) is 5.51. The zero-order valence-corrected chi connectivity index (χ0v) is 10.4. The standard InChI is InChI=1S/C15H12FNO2/c1-10-6-13(3-4-14(10)16)19-15-5-2-11(9-18)7-12(15)8-17/h2-7,18H,9H2,1H3. The molecule has 96 valence electrons. The van der Waals surface area contributed by atoms with Gasteiger partial charge in [-0.15, -0.1) is 0 Å². The van der Waals surface area contributed by atoms with Crippen LogP contribution in [0, 0.1) is 24.1 Å². The van der Waals surface area contributed by atoms with Crippen LogP contribution in [-0.2, 0) is 6.61 Å². The molecule has 3 nitrogen and oxygen atoms in total. The molecule has 0 aliphatic carbocycles. The number of halogens is 1. The van der Waals surface area contributed by atoms with E-state index >= 15 is 0 Å². The quantitative estimate of drug-likeness (QED) is 0.917. The number of hydrogen-bond donors (Lipinski definition) is 1. The van der Waals surface area contributed by atoms with E-state index in [1.807, 2.05) is 6.07 Å². The third-order valence-corrected chi connectivity index (χ3v) is 2.70. The van der Waals surface area contributed by atoms with Crippen molar-refractivity contribution in [3.05, 3.63) is 58.9 Å². The molecule has 0 amide bonds. The second-order valence-electron chi connectivity index (χ2n) is 4.11. The van der Waals surface area contributed by atoms with E-state index in [0.717, 1.165) is 0 Å². The van der Waals surface area contributed by atoms with Crippen LogP contribution in [0.25, 0.3) is 0 Å². The molecule has 0 aliphatic heterocycles. The van der Waals surface area contributed by atoms with Gasteiger partial charge in [0.15, 0.2) is 0 Å². The molecule has 19 heavy (non-hydrogen) atoms. The topological polar surface area (TPSA) is 53.2 Å². The van der Waals surface area contributed by atoms with Gasteiger partial charge in [-0.1, -0.05) is 6.07 Å². The van der Waals surface area contributed by atoms with E-state index in [-0.39, 0.29) is 12.4 Å². The molecule has 0 saturated heterocycles. The van der Waals surface area contributed by atoms with E-state index in [4.69, 9.17) is 15.1 Å². The minimum absolute atomic E-state index is 0.134. The van der Waals surface area contributed by atoms with Crippen molar-refractivity contribution in [2.45, 2.75) is 13.5 Å². The van der Waals surface area contributed by atoms with Gasteiger partial charge in [-0.25, -0.2) is 4.39 Å². The summed E-state index contributed by atoms with van der Waals surface area (Å²) >= 11 is 0. The number of ether oxygens (including phenoxy) is 1. The third kappa shape index (κ3) is 2.90. The normalized spacial score (nSPS) is 10.0. The van der Waals surface area contributed by atoms with Crippen LogP contribution in [0.3, 0.4) is 0 Å². The van der Waals surface area contributed by atoms with Crippen molar-refractivity contribution in [1.29, 1.82) is 5.26 Å². The highest BCUT2D eigenvalue weighted by molar-refractivity contribution is 5.47. The van der Waals surface area contributed by atoms with Crippen LogP contribution in [0.1, 0.15) is 16.7 Å². The summed E-state index contributed by atoms with van der Waals surface area (Å²) in [6.45, 7) is 1.51. The fourth-order valence-corrected chi connectivity index (χ4v) is 1.66. The van der Waals surface area contributed by atoms with Gasteiger partial charge in [0.1, 0.15) is 23.4 Å². The predicted octanol–water partition coefficient (Wildman–Crippen LogP) is 3.29. The van der Waals surface area contributed by atoms with Crippen molar-refractivity contribution < 1.29 is 14.2 Å². The number of aryl methyl sites for hydroxylation is 1. The van der Waals surface area contributed by atoms with Gasteiger partial charge in [0.2, 0.25) is 0 Å². The molecule has 0 aromatic heterocycles. The van der Waals surface area contributed by atoms with Gasteiger partial charge < -0.3 is 9.84 Å². The minimum Gasteiger partial charge on any atom is -0.456 e. The van der Waals surface area contributed by atoms with E-state index in [9.17, 15) is 4.39 Å². The summed E-state index contributed by atoms with van der Waals surface area (Å²) in [6.07, 6.45) is 0. The number of benzene rings is 2. The second-order valence-corrected chi connectivity index (χ2v) is 4.11. The van der Waals surface area contributed by atoms with Crippen molar-refractivity contribution in [3.63, 3.8) is 0 Å². The number of rotatable bonds is 3. The van der Waals surface area contributed by atoms with Crippen molar-refractivity contribution >= 4 is 0 Å². The molecule has 0 radical (unpaired) electrons. The van der Waals surface area contributed by atoms with Crippen LogP contribution in [0.2, 0.25) is 0 Å². The lowest BCUT2D eigenvalue weighted by molar-refractivity contribution is 0.281. The molecular weight excluding hydrogens is 245 g/mol. The highest BCUT2D eigenvalue weighted by Crippen LogP contribution is 2.27. The summed E-state index contributed by atoms with van der Waals surface area (Å²) < 4.78 is 18.7. The number of nitrogens with zero attached hydrogens (tertiary/aromatic N) is 1. The molecule has 2 rings (SSSR count). The van der Waals surface area contributed by atoms with E-state index < -0.39 is 0 Å². The molecule has 0 unspecified atom stereocenters. The average molecular weight is 257 g/mol. The third-order valence-electron chi connectivity index (χ3n) is 2.70. The van der Waals surface area contributed by atoms with Crippen molar-refractivity contribution in [3.8, 4) is 17.6 Å². The highest BCUT2D eigenvalue weighted by Gasteiger charge is 2.07. The van der Waals surface area contributed by atoms with Gasteiger partial charge in [-0.3, -0.25) is 0 Å². The summed E-state index contributed by atoms with van der Waals surface area (Å²) in [7, 11) is 0. The molecule has 0 aliphatic rings. The first-order valence-electron chi connectivity index (χ1n) is 5.72. The molecular formula is C15H12FNO2. The summed E-state index contributed by atoms with van der Waals surface area (Å²) in [4.78, 5) is 0. The SMILES string of the molecule is Cc1cc(Oc2ccc(CO)cc2C#N)ccc1F. The Kier molecular flexibility index (Phi) is 3.79. The summed E-state index contributed by atoms with van der Waals surface area (Å²) in [6, 6.07) is 11.2. The first kappa shape index (κ1) is 13.1. The van der Waals surface area contributed by atoms with E-state index in [1.54, 1.807) is 31.2 Å². The molecule has 0 fully saturated rings. The number of nitriles is 1. The molecule has 0 atom stereocenters. The first-order valence-corrected chi connectivity index (χ1v) is 5.72. The van der Waals surface area contributed by atoms with Crippen LogP contribution in [-0.4, -0.2) is 5.11 Å². The van der Waals surface area contributed by atoms with Crippen molar-refractivity contribution in [1.82, 2.24) is 0 Å². The molecule has 0 bridgehead atoms. The number of hydrogen-bond acceptors (Lipinski definition) is 3. The fraction of sp³-hybridized carbons (Fsp3) is 0.133. The molecule has 4 heteroatoms. The highest BCUT2D eigenvalue weighted by atomic mass is 19.1. The Labute approximate surface area is 110 Å². The van der Waals surface area contributed by atoms with E-state index in [1.165, 1.54) is 12.1 Å². The smallest absolute Gasteiger partial charge is 0.145 e. The van der Waals surface area contributed by atoms with Crippen LogP contribution >= 0.6 is 0 Å². The summed E-state index contributed by atoms with van der Waals surface area (Å²) in [5.74, 6) is 0.543. The zero-order valence-electron chi connectivity index (χ0n) is 10.4. The Bertz CT molecular complexity index is 647. The van der Waals surface area contributed by atoms with Gasteiger partial charge in [0.25, 0.3) is 0 Å². The first-order chi connectivity index (χ1) is 9.13. The van der Waals surface area contributed by atoms with Crippen LogP contribution in [0.4, 0.5) is 4.39 Å². The molecule has 1 N–H and O–H groups in total. The van der Waals surface area contributed by atoms with Gasteiger partial charge in [0.05, 0.1) is 12.2 Å². The Balaban J connectivity index is 2.33. The van der Waals surface area contributed by atoms with Crippen LogP contribution in [0.15, 0.2) is 36.4 Å². The molecule has 0 saturated carbocycles. The monoisotopic (exact) mass is 257 g/mol. The fourth-order valence-electron chi connectivity index (χ4n) is 1.66. The largest absolute Gasteiger partial charge is 0.456 e. The number of aliphatic hydroxyl groups excluding tert-OH is 1. The summed E-state index contributed by atoms with van der Waals surface area (Å²) in [5.41, 5.74) is 1.44. The Morgan fingerprint density at radius 2 is 2.05 bits per heavy atom. The van der Waals surface area contributed by atoms with Crippen LogP contribution < -0.4 is 4.74 Å². The van der Waals surface area contributed by atoms with E-state index in [2.05, 4.69) is 0 Å². The molecule has 2 aromatic rings. The Morgan fingerprint density at radius 1 is 1.26 bits per heavy atom. The van der Waals surface area contributed by atoms with E-state index in [0.29, 0.717) is 28.2 Å². The molecule has 2 aromatic carbocycles. The lowest BCUT2D eigenvalue weighted by Crippen LogP contribution is -1.92. The summed E-state index contributed by atoms with van der Waals surface area (Å²) in [5, 5.41) is 18.1.